The third kappa shape index (κ3) is 5.08. The fraction of sp³-hybridized carbons (Fsp3) is 0.429. The van der Waals surface area contributed by atoms with E-state index in [2.05, 4.69) is 25.3 Å². The highest BCUT2D eigenvalue weighted by Crippen LogP contribution is 2.24. The lowest BCUT2D eigenvalue weighted by atomic mass is 10.1. The Morgan fingerprint density at radius 3 is 2.86 bits per heavy atom. The number of nitrogens with zero attached hydrogens (tertiary/aromatic N) is 4. The van der Waals surface area contributed by atoms with Crippen LogP contribution in [0.5, 0.6) is 0 Å². The van der Waals surface area contributed by atoms with Crippen molar-refractivity contribution in [1.82, 2.24) is 25.3 Å². The molecule has 0 bridgehead atoms. The van der Waals surface area contributed by atoms with Crippen molar-refractivity contribution in [2.75, 3.05) is 19.6 Å². The van der Waals surface area contributed by atoms with Crippen LogP contribution in [0.1, 0.15) is 43.4 Å². The van der Waals surface area contributed by atoms with Gasteiger partial charge in [-0.25, -0.2) is 0 Å². The monoisotopic (exact) mass is 395 g/mol. The molecule has 1 fully saturated rings. The molecule has 1 amide bonds. The Morgan fingerprint density at radius 2 is 2.10 bits per heavy atom. The van der Waals surface area contributed by atoms with Crippen LogP contribution >= 0.6 is 0 Å². The highest BCUT2D eigenvalue weighted by atomic mass is 16.5. The molecule has 1 saturated heterocycles. The molecule has 0 aliphatic carbocycles. The van der Waals surface area contributed by atoms with E-state index in [9.17, 15) is 4.79 Å². The van der Waals surface area contributed by atoms with Gasteiger partial charge in [0.05, 0.1) is 12.3 Å². The summed E-state index contributed by atoms with van der Waals surface area (Å²) >= 11 is 0. The molecule has 0 aromatic carbocycles. The maximum atomic E-state index is 12.4. The Bertz CT molecular complexity index is 888. The van der Waals surface area contributed by atoms with Crippen molar-refractivity contribution in [1.29, 1.82) is 0 Å². The minimum Gasteiger partial charge on any atom is -0.468 e. The lowest BCUT2D eigenvalue weighted by Gasteiger charge is -2.33. The molecule has 1 atom stereocenters. The Balaban J connectivity index is 1.29. The van der Waals surface area contributed by atoms with Gasteiger partial charge in [0.15, 0.2) is 0 Å². The van der Waals surface area contributed by atoms with Crippen molar-refractivity contribution in [3.63, 3.8) is 0 Å². The van der Waals surface area contributed by atoms with E-state index in [1.54, 1.807) is 18.7 Å². The quantitative estimate of drug-likeness (QED) is 0.626. The maximum Gasteiger partial charge on any atom is 0.227 e. The van der Waals surface area contributed by atoms with E-state index in [0.717, 1.165) is 24.4 Å². The molecule has 4 heterocycles. The summed E-state index contributed by atoms with van der Waals surface area (Å²) in [5.41, 5.74) is 0.787. The second-order valence-corrected chi connectivity index (χ2v) is 7.19. The van der Waals surface area contributed by atoms with Gasteiger partial charge in [-0.1, -0.05) is 11.6 Å². The van der Waals surface area contributed by atoms with Gasteiger partial charge in [0.25, 0.3) is 0 Å². The zero-order valence-corrected chi connectivity index (χ0v) is 16.3. The third-order valence-electron chi connectivity index (χ3n) is 5.15. The van der Waals surface area contributed by atoms with Crippen LogP contribution in [0.3, 0.4) is 0 Å². The summed E-state index contributed by atoms with van der Waals surface area (Å²) in [4.78, 5) is 23.2. The van der Waals surface area contributed by atoms with E-state index in [1.165, 1.54) is 19.3 Å². The highest BCUT2D eigenvalue weighted by Gasteiger charge is 2.25. The molecule has 0 spiro atoms. The minimum absolute atomic E-state index is 0.0420. The van der Waals surface area contributed by atoms with Crippen molar-refractivity contribution < 1.29 is 13.7 Å². The van der Waals surface area contributed by atoms with Crippen LogP contribution in [-0.4, -0.2) is 45.6 Å². The topological polar surface area (TPSA) is 97.3 Å². The van der Waals surface area contributed by atoms with Gasteiger partial charge in [-0.3, -0.25) is 14.7 Å². The molecule has 1 N–H and O–H groups in total. The first kappa shape index (κ1) is 19.3. The Hall–Kier alpha value is -3.00. The van der Waals surface area contributed by atoms with Crippen LogP contribution < -0.4 is 5.32 Å². The van der Waals surface area contributed by atoms with Gasteiger partial charge in [-0.2, -0.15) is 4.98 Å². The Labute approximate surface area is 169 Å². The summed E-state index contributed by atoms with van der Waals surface area (Å²) in [6, 6.07) is 7.61. The number of aryl methyl sites for hydroxylation is 1. The molecular formula is C21H25N5O3. The maximum absolute atomic E-state index is 12.4. The van der Waals surface area contributed by atoms with Crippen molar-refractivity contribution in [3.8, 4) is 11.4 Å². The zero-order chi connectivity index (χ0) is 19.9. The van der Waals surface area contributed by atoms with Crippen LogP contribution in [0.4, 0.5) is 0 Å². The van der Waals surface area contributed by atoms with Gasteiger partial charge in [-0.15, -0.1) is 0 Å². The molecule has 1 aliphatic rings. The molecule has 29 heavy (non-hydrogen) atoms. The number of likely N-dealkylation sites (tertiary alicyclic amines) is 1. The number of carbonyl (C=O) groups excluding carboxylic acids is 1. The third-order valence-corrected chi connectivity index (χ3v) is 5.15. The fourth-order valence-electron chi connectivity index (χ4n) is 3.61. The summed E-state index contributed by atoms with van der Waals surface area (Å²) in [7, 11) is 0. The predicted octanol–water partition coefficient (Wildman–Crippen LogP) is 3.00. The molecule has 8 heteroatoms. The molecule has 0 saturated carbocycles. The first-order chi connectivity index (χ1) is 14.3. The number of furan rings is 1. The molecule has 152 valence electrons. The smallest absolute Gasteiger partial charge is 0.227 e. The number of carbonyl (C=O) groups is 1. The largest absolute Gasteiger partial charge is 0.468 e. The first-order valence-corrected chi connectivity index (χ1v) is 10.1. The number of pyridine rings is 1. The fourth-order valence-corrected chi connectivity index (χ4v) is 3.61. The standard InChI is InChI=1S/C21H25N5O3/c27-19(8-9-20-24-21(25-29-20)16-6-4-10-22-14-16)23-15-17(18-7-5-13-28-18)26-11-2-1-3-12-26/h4-7,10,13-14,17H,1-3,8-9,11-12,15H2,(H,23,27). The van der Waals surface area contributed by atoms with E-state index in [4.69, 9.17) is 8.94 Å². The van der Waals surface area contributed by atoms with E-state index in [1.807, 2.05) is 24.3 Å². The van der Waals surface area contributed by atoms with Gasteiger partial charge in [0.2, 0.25) is 17.6 Å². The number of piperidine rings is 1. The SMILES string of the molecule is O=C(CCc1nc(-c2cccnc2)no1)NCC(c1ccco1)N1CCCCC1. The average Bonchev–Trinajstić information content (AvgIpc) is 3.46. The van der Waals surface area contributed by atoms with E-state index < -0.39 is 0 Å². The highest BCUT2D eigenvalue weighted by molar-refractivity contribution is 5.76. The summed E-state index contributed by atoms with van der Waals surface area (Å²) in [5, 5.41) is 6.99. The van der Waals surface area contributed by atoms with Gasteiger partial charge >= 0.3 is 0 Å². The first-order valence-electron chi connectivity index (χ1n) is 10.1. The summed E-state index contributed by atoms with van der Waals surface area (Å²) < 4.78 is 10.9. The lowest BCUT2D eigenvalue weighted by molar-refractivity contribution is -0.121. The van der Waals surface area contributed by atoms with Gasteiger partial charge in [0.1, 0.15) is 5.76 Å². The van der Waals surface area contributed by atoms with Gasteiger partial charge in [-0.05, 0) is 50.2 Å². The Kier molecular flexibility index (Phi) is 6.31. The number of rotatable bonds is 8. The van der Waals surface area contributed by atoms with Crippen LogP contribution in [0.25, 0.3) is 11.4 Å². The summed E-state index contributed by atoms with van der Waals surface area (Å²) in [5.74, 6) is 1.78. The molecule has 8 nitrogen and oxygen atoms in total. The number of hydrogen-bond donors (Lipinski definition) is 1. The number of nitrogens with one attached hydrogen (secondary N) is 1. The zero-order valence-electron chi connectivity index (χ0n) is 16.3. The average molecular weight is 395 g/mol. The van der Waals surface area contributed by atoms with Crippen molar-refractivity contribution in [2.45, 2.75) is 38.1 Å². The molecule has 4 rings (SSSR count). The van der Waals surface area contributed by atoms with Crippen molar-refractivity contribution >= 4 is 5.91 Å². The van der Waals surface area contributed by atoms with Crippen LogP contribution in [-0.2, 0) is 11.2 Å². The number of aromatic nitrogens is 3. The summed E-state index contributed by atoms with van der Waals surface area (Å²) in [6.07, 6.45) is 9.37. The van der Waals surface area contributed by atoms with Crippen LogP contribution in [0.2, 0.25) is 0 Å². The van der Waals surface area contributed by atoms with E-state index >= 15 is 0 Å². The van der Waals surface area contributed by atoms with Crippen molar-refractivity contribution in [2.24, 2.45) is 0 Å². The second-order valence-electron chi connectivity index (χ2n) is 7.19. The van der Waals surface area contributed by atoms with Gasteiger partial charge < -0.3 is 14.3 Å². The van der Waals surface area contributed by atoms with Crippen LogP contribution in [0.15, 0.2) is 51.9 Å². The van der Waals surface area contributed by atoms with E-state index in [0.29, 0.717) is 31.1 Å². The van der Waals surface area contributed by atoms with E-state index in [-0.39, 0.29) is 11.9 Å². The van der Waals surface area contributed by atoms with Crippen molar-refractivity contribution in [3.05, 3.63) is 54.6 Å². The number of amides is 1. The van der Waals surface area contributed by atoms with Crippen LogP contribution in [0, 0.1) is 0 Å². The minimum atomic E-state index is -0.0420. The lowest BCUT2D eigenvalue weighted by Crippen LogP contribution is -2.40. The van der Waals surface area contributed by atoms with Gasteiger partial charge in [0, 0.05) is 37.3 Å². The molecule has 1 unspecified atom stereocenters. The molecule has 0 radical (unpaired) electrons. The summed E-state index contributed by atoms with van der Waals surface area (Å²) in [6.45, 7) is 2.58. The molecular weight excluding hydrogens is 370 g/mol. The Morgan fingerprint density at radius 1 is 1.21 bits per heavy atom. The normalized spacial score (nSPS) is 15.9. The molecule has 3 aromatic heterocycles. The second kappa shape index (κ2) is 9.47. The molecule has 3 aromatic rings. The number of hydrogen-bond acceptors (Lipinski definition) is 7. The molecule has 1 aliphatic heterocycles. The predicted molar refractivity (Wildman–Crippen MR) is 106 cm³/mol.